The SMILES string of the molecule is C=C1CCC2(O)C3Cc4ccc(OC(=O)CCCCCCCCCCC)c5c4C2(CCN3CC2CC2)C1O5. The second-order valence-electron chi connectivity index (χ2n) is 12.9. The van der Waals surface area contributed by atoms with Crippen molar-refractivity contribution in [3.05, 3.63) is 35.4 Å². The van der Waals surface area contributed by atoms with Gasteiger partial charge in [-0.05, 0) is 74.6 Å². The molecule has 208 valence electrons. The molecule has 4 atom stereocenters. The smallest absolute Gasteiger partial charge is 0.311 e. The van der Waals surface area contributed by atoms with Gasteiger partial charge in [-0.1, -0.05) is 70.9 Å². The number of carbonyl (C=O) groups excluding carboxylic acids is 1. The Morgan fingerprint density at radius 3 is 2.58 bits per heavy atom. The normalized spacial score (nSPS) is 31.2. The predicted octanol–water partition coefficient (Wildman–Crippen LogP) is 6.63. The number of benzene rings is 1. The largest absolute Gasteiger partial charge is 0.481 e. The Balaban J connectivity index is 1.15. The van der Waals surface area contributed by atoms with E-state index >= 15 is 0 Å². The first-order chi connectivity index (χ1) is 18.5. The molecule has 5 aliphatic rings. The van der Waals surface area contributed by atoms with Crippen molar-refractivity contribution in [1.82, 2.24) is 4.90 Å². The number of hydrogen-bond donors (Lipinski definition) is 1. The van der Waals surface area contributed by atoms with E-state index in [1.54, 1.807) is 0 Å². The number of esters is 1. The van der Waals surface area contributed by atoms with E-state index in [1.165, 1.54) is 63.4 Å². The molecule has 1 aromatic rings. The van der Waals surface area contributed by atoms with Crippen molar-refractivity contribution in [1.29, 1.82) is 0 Å². The molecule has 2 heterocycles. The van der Waals surface area contributed by atoms with Gasteiger partial charge in [0.25, 0.3) is 0 Å². The summed E-state index contributed by atoms with van der Waals surface area (Å²) >= 11 is 0. The minimum Gasteiger partial charge on any atom is -0.481 e. The van der Waals surface area contributed by atoms with E-state index in [0.29, 0.717) is 17.9 Å². The molecule has 3 fully saturated rings. The van der Waals surface area contributed by atoms with Crippen LogP contribution < -0.4 is 9.47 Å². The number of rotatable bonds is 13. The summed E-state index contributed by atoms with van der Waals surface area (Å²) in [5, 5.41) is 12.5. The molecule has 1 saturated heterocycles. The maximum absolute atomic E-state index is 12.8. The van der Waals surface area contributed by atoms with E-state index in [9.17, 15) is 9.90 Å². The Hall–Kier alpha value is -1.85. The van der Waals surface area contributed by atoms with Crippen LogP contribution in [0.3, 0.4) is 0 Å². The highest BCUT2D eigenvalue weighted by Gasteiger charge is 2.72. The molecule has 1 N–H and O–H groups in total. The number of likely N-dealkylation sites (tertiary alicyclic amines) is 1. The maximum Gasteiger partial charge on any atom is 0.311 e. The van der Waals surface area contributed by atoms with Crippen LogP contribution in [-0.2, 0) is 16.6 Å². The Labute approximate surface area is 229 Å². The average Bonchev–Trinajstić information content (AvgIpc) is 3.64. The molecule has 2 bridgehead atoms. The van der Waals surface area contributed by atoms with E-state index < -0.39 is 11.0 Å². The van der Waals surface area contributed by atoms with Gasteiger partial charge in [0.15, 0.2) is 11.5 Å². The minimum absolute atomic E-state index is 0.120. The van der Waals surface area contributed by atoms with Gasteiger partial charge in [-0.3, -0.25) is 9.69 Å². The van der Waals surface area contributed by atoms with Crippen molar-refractivity contribution in [3.8, 4) is 11.5 Å². The van der Waals surface area contributed by atoms with Crippen LogP contribution in [0, 0.1) is 5.92 Å². The van der Waals surface area contributed by atoms with Crippen molar-refractivity contribution in [3.63, 3.8) is 0 Å². The summed E-state index contributed by atoms with van der Waals surface area (Å²) in [6, 6.07) is 4.19. The van der Waals surface area contributed by atoms with Gasteiger partial charge in [-0.2, -0.15) is 0 Å². The first-order valence-corrected chi connectivity index (χ1v) is 15.7. The van der Waals surface area contributed by atoms with E-state index in [0.717, 1.165) is 68.7 Å². The number of ether oxygens (including phenoxy) is 2. The number of unbranched alkanes of at least 4 members (excludes halogenated alkanes) is 8. The molecular formula is C33H47NO4. The number of hydrogen-bond acceptors (Lipinski definition) is 5. The first-order valence-electron chi connectivity index (χ1n) is 15.7. The lowest BCUT2D eigenvalue weighted by molar-refractivity contribution is -0.174. The van der Waals surface area contributed by atoms with Crippen LogP contribution in [0.4, 0.5) is 0 Å². The Bertz CT molecular complexity index is 1060. The summed E-state index contributed by atoms with van der Waals surface area (Å²) in [4.78, 5) is 15.4. The zero-order chi connectivity index (χ0) is 26.3. The van der Waals surface area contributed by atoms with Gasteiger partial charge in [0, 0.05) is 24.6 Å². The average molecular weight is 522 g/mol. The predicted molar refractivity (Wildman–Crippen MR) is 150 cm³/mol. The summed E-state index contributed by atoms with van der Waals surface area (Å²) in [5.41, 5.74) is 2.13. The molecule has 0 amide bonds. The molecular weight excluding hydrogens is 474 g/mol. The fourth-order valence-corrected chi connectivity index (χ4v) is 8.22. The fourth-order valence-electron chi connectivity index (χ4n) is 8.22. The molecule has 1 aromatic carbocycles. The van der Waals surface area contributed by atoms with Gasteiger partial charge >= 0.3 is 5.97 Å². The first kappa shape index (κ1) is 26.4. The minimum atomic E-state index is -0.830. The molecule has 2 saturated carbocycles. The molecule has 1 spiro atoms. The van der Waals surface area contributed by atoms with Gasteiger partial charge in [0.05, 0.1) is 11.0 Å². The molecule has 4 unspecified atom stereocenters. The summed E-state index contributed by atoms with van der Waals surface area (Å²) in [5.74, 6) is 1.85. The molecule has 5 nitrogen and oxygen atoms in total. The second-order valence-corrected chi connectivity index (χ2v) is 12.9. The van der Waals surface area contributed by atoms with E-state index in [2.05, 4.69) is 24.5 Å². The summed E-state index contributed by atoms with van der Waals surface area (Å²) in [6.45, 7) is 8.74. The lowest BCUT2D eigenvalue weighted by Gasteiger charge is -2.63. The highest BCUT2D eigenvalue weighted by atomic mass is 16.6. The summed E-state index contributed by atoms with van der Waals surface area (Å²) in [6.07, 6.45) is 17.1. The molecule has 2 aliphatic heterocycles. The van der Waals surface area contributed by atoms with Crippen LogP contribution in [-0.4, -0.2) is 46.8 Å². The third-order valence-electron chi connectivity index (χ3n) is 10.4. The van der Waals surface area contributed by atoms with Crippen molar-refractivity contribution < 1.29 is 19.4 Å². The van der Waals surface area contributed by atoms with E-state index in [1.807, 2.05) is 6.07 Å². The van der Waals surface area contributed by atoms with Gasteiger partial charge in [-0.25, -0.2) is 0 Å². The third-order valence-corrected chi connectivity index (χ3v) is 10.4. The topological polar surface area (TPSA) is 59.0 Å². The van der Waals surface area contributed by atoms with Crippen LogP contribution >= 0.6 is 0 Å². The van der Waals surface area contributed by atoms with Crippen molar-refractivity contribution >= 4 is 5.97 Å². The van der Waals surface area contributed by atoms with Gasteiger partial charge in [0.2, 0.25) is 0 Å². The number of aliphatic hydroxyl groups is 1. The Kier molecular flexibility index (Phi) is 7.37. The maximum atomic E-state index is 12.8. The van der Waals surface area contributed by atoms with Gasteiger partial charge in [-0.15, -0.1) is 0 Å². The van der Waals surface area contributed by atoms with Crippen LogP contribution in [0.25, 0.3) is 0 Å². The third kappa shape index (κ3) is 4.42. The number of carbonyl (C=O) groups is 1. The molecule has 0 aromatic heterocycles. The molecule has 3 aliphatic carbocycles. The van der Waals surface area contributed by atoms with Crippen LogP contribution in [0.15, 0.2) is 24.3 Å². The zero-order valence-corrected chi connectivity index (χ0v) is 23.4. The van der Waals surface area contributed by atoms with Crippen LogP contribution in [0.1, 0.15) is 114 Å². The van der Waals surface area contributed by atoms with Crippen LogP contribution in [0.5, 0.6) is 11.5 Å². The summed E-state index contributed by atoms with van der Waals surface area (Å²) in [7, 11) is 0. The fraction of sp³-hybridized carbons (Fsp3) is 0.727. The zero-order valence-electron chi connectivity index (χ0n) is 23.4. The van der Waals surface area contributed by atoms with E-state index in [-0.39, 0.29) is 18.1 Å². The molecule has 5 heteroatoms. The number of piperidine rings is 1. The van der Waals surface area contributed by atoms with Gasteiger partial charge < -0.3 is 14.6 Å². The molecule has 0 radical (unpaired) electrons. The number of nitrogens with zero attached hydrogens (tertiary/aromatic N) is 1. The highest BCUT2D eigenvalue weighted by Crippen LogP contribution is 2.66. The van der Waals surface area contributed by atoms with Crippen molar-refractivity contribution in [2.24, 2.45) is 5.92 Å². The van der Waals surface area contributed by atoms with Gasteiger partial charge in [0.1, 0.15) is 6.10 Å². The lowest BCUT2D eigenvalue weighted by Crippen LogP contribution is -2.75. The highest BCUT2D eigenvalue weighted by molar-refractivity contribution is 5.75. The second kappa shape index (κ2) is 10.6. The van der Waals surface area contributed by atoms with Crippen molar-refractivity contribution in [2.45, 2.75) is 133 Å². The quantitative estimate of drug-likeness (QED) is 0.137. The van der Waals surface area contributed by atoms with Crippen LogP contribution in [0.2, 0.25) is 0 Å². The lowest BCUT2D eigenvalue weighted by atomic mass is 9.48. The Morgan fingerprint density at radius 2 is 1.84 bits per heavy atom. The van der Waals surface area contributed by atoms with Crippen molar-refractivity contribution in [2.75, 3.05) is 13.1 Å². The Morgan fingerprint density at radius 1 is 1.11 bits per heavy atom. The monoisotopic (exact) mass is 521 g/mol. The standard InChI is InChI=1S/C33H47NO4/c1-3-4-5-6-7-8-9-10-11-12-28(35)37-26-16-15-25-21-27-33(36)18-17-23(2)31-32(33,29(25)30(26)38-31)19-20-34(27)22-24-13-14-24/h15-16,24,27,31,36H,2-14,17-22H2,1H3. The molecule has 6 rings (SSSR count). The van der Waals surface area contributed by atoms with E-state index in [4.69, 9.17) is 9.47 Å². The molecule has 38 heavy (non-hydrogen) atoms. The summed E-state index contributed by atoms with van der Waals surface area (Å²) < 4.78 is 12.6.